The van der Waals surface area contributed by atoms with E-state index in [0.717, 1.165) is 0 Å². The van der Waals surface area contributed by atoms with Crippen LogP contribution in [0, 0.1) is 0 Å². The second-order valence-electron chi connectivity index (χ2n) is 10.5. The minimum Gasteiger partial charge on any atom is -0.381 e. The number of hydrogen-bond donors (Lipinski definition) is 0. The van der Waals surface area contributed by atoms with Crippen molar-refractivity contribution in [2.45, 2.75) is 58.9 Å². The molecule has 0 aromatic carbocycles. The van der Waals surface area contributed by atoms with Crippen LogP contribution in [0.4, 0.5) is 0 Å². The second kappa shape index (κ2) is 6.61. The van der Waals surface area contributed by atoms with E-state index < -0.39 is 24.5 Å². The smallest absolute Gasteiger partial charge is 0.332 e. The van der Waals surface area contributed by atoms with E-state index in [0.29, 0.717) is 13.8 Å². The van der Waals surface area contributed by atoms with Crippen molar-refractivity contribution in [2.75, 3.05) is 28.2 Å². The first-order chi connectivity index (χ1) is 10.0. The SMILES string of the molecule is CN(C)B(C1=C([Si](C)(C)C)B1N([Si](C)(C)C)[Si](C)(C)C)N(C)C. The first-order valence-electron chi connectivity index (χ1n) is 8.88. The normalized spacial score (nSPS) is 17.0. The highest BCUT2D eigenvalue weighted by Crippen LogP contribution is 2.45. The molecule has 0 N–H and O–H groups in total. The highest BCUT2D eigenvalue weighted by Gasteiger charge is 2.59. The lowest BCUT2D eigenvalue weighted by molar-refractivity contribution is 0.529. The predicted octanol–water partition coefficient (Wildman–Crippen LogP) is 3.37. The lowest BCUT2D eigenvalue weighted by atomic mass is 9.56. The monoisotopic (exact) mass is 367 g/mol. The van der Waals surface area contributed by atoms with E-state index in [1.165, 1.54) is 0 Å². The third-order valence-corrected chi connectivity index (χ3v) is 14.2. The van der Waals surface area contributed by atoms with Gasteiger partial charge in [-0.3, -0.25) is 0 Å². The molecule has 0 atom stereocenters. The molecule has 0 radical (unpaired) electrons. The summed E-state index contributed by atoms with van der Waals surface area (Å²) in [7, 11) is 4.88. The average molecular weight is 367 g/mol. The summed E-state index contributed by atoms with van der Waals surface area (Å²) in [4.78, 5) is 4.78. The van der Waals surface area contributed by atoms with Crippen LogP contribution >= 0.6 is 0 Å². The molecule has 0 unspecified atom stereocenters. The van der Waals surface area contributed by atoms with Gasteiger partial charge in [-0.1, -0.05) is 64.3 Å². The molecule has 0 saturated carbocycles. The molecule has 0 fully saturated rings. The summed E-state index contributed by atoms with van der Waals surface area (Å²) in [5, 5.41) is 3.55. The van der Waals surface area contributed by atoms with Gasteiger partial charge in [-0.15, -0.1) is 5.10 Å². The Balaban J connectivity index is 3.38. The summed E-state index contributed by atoms with van der Waals surface area (Å²) < 4.78 is 3.02. The van der Waals surface area contributed by atoms with E-state index in [1.54, 1.807) is 5.37 Å². The Morgan fingerprint density at radius 3 is 1.26 bits per heavy atom. The fourth-order valence-electron chi connectivity index (χ4n) is 4.42. The molecular formula is C15H39B2N3Si3. The van der Waals surface area contributed by atoms with Gasteiger partial charge < -0.3 is 13.8 Å². The van der Waals surface area contributed by atoms with Gasteiger partial charge in [0, 0.05) is 0 Å². The van der Waals surface area contributed by atoms with Crippen LogP contribution in [0.15, 0.2) is 10.5 Å². The van der Waals surface area contributed by atoms with Crippen LogP contribution in [0.2, 0.25) is 58.9 Å². The summed E-state index contributed by atoms with van der Waals surface area (Å²) in [6.45, 7) is 23.9. The Morgan fingerprint density at radius 1 is 0.696 bits per heavy atom. The zero-order valence-electron chi connectivity index (χ0n) is 18.0. The zero-order valence-corrected chi connectivity index (χ0v) is 21.0. The van der Waals surface area contributed by atoms with Gasteiger partial charge in [-0.2, -0.15) is 0 Å². The highest BCUT2D eigenvalue weighted by atomic mass is 28.4. The Bertz CT molecular complexity index is 452. The maximum Gasteiger partial charge on any atom is 0.332 e. The molecule has 0 aliphatic carbocycles. The molecule has 1 heterocycles. The maximum atomic E-state index is 3.02. The van der Waals surface area contributed by atoms with Crippen LogP contribution in [0.25, 0.3) is 0 Å². The van der Waals surface area contributed by atoms with E-state index in [9.17, 15) is 0 Å². The maximum absolute atomic E-state index is 3.02. The van der Waals surface area contributed by atoms with Crippen molar-refractivity contribution < 1.29 is 0 Å². The number of rotatable bonds is 7. The molecule has 0 bridgehead atoms. The molecule has 0 saturated heterocycles. The van der Waals surface area contributed by atoms with Crippen molar-refractivity contribution in [1.29, 1.82) is 0 Å². The first kappa shape index (κ1) is 21.4. The fraction of sp³-hybridized carbons (Fsp3) is 0.867. The average Bonchev–Trinajstić information content (AvgIpc) is 2.85. The summed E-state index contributed by atoms with van der Waals surface area (Å²) in [6, 6.07) is 0. The summed E-state index contributed by atoms with van der Waals surface area (Å²) in [5.41, 5.74) is 0. The van der Waals surface area contributed by atoms with E-state index in [2.05, 4.69) is 101 Å². The van der Waals surface area contributed by atoms with Gasteiger partial charge in [0.25, 0.3) is 6.85 Å². The molecule has 0 spiro atoms. The molecule has 132 valence electrons. The van der Waals surface area contributed by atoms with E-state index in [4.69, 9.17) is 0 Å². The van der Waals surface area contributed by atoms with Crippen molar-refractivity contribution in [3.8, 4) is 0 Å². The van der Waals surface area contributed by atoms with Crippen molar-refractivity contribution in [3.63, 3.8) is 0 Å². The molecular weight excluding hydrogens is 328 g/mol. The quantitative estimate of drug-likeness (QED) is 0.639. The van der Waals surface area contributed by atoms with Gasteiger partial charge in [0.2, 0.25) is 0 Å². The molecule has 8 heteroatoms. The summed E-state index contributed by atoms with van der Waals surface area (Å²) in [5.74, 6) is 0. The summed E-state index contributed by atoms with van der Waals surface area (Å²) in [6.07, 6.45) is 0. The van der Waals surface area contributed by atoms with Crippen LogP contribution in [0.5, 0.6) is 0 Å². The molecule has 0 aromatic heterocycles. The molecule has 23 heavy (non-hydrogen) atoms. The van der Waals surface area contributed by atoms with Gasteiger partial charge in [0.05, 0.1) is 8.07 Å². The Morgan fingerprint density at radius 2 is 1.04 bits per heavy atom. The van der Waals surface area contributed by atoms with Crippen molar-refractivity contribution in [3.05, 3.63) is 10.5 Å². The summed E-state index contributed by atoms with van der Waals surface area (Å²) >= 11 is 0. The topological polar surface area (TPSA) is 9.72 Å². The standard InChI is InChI=1S/C15H39B2N3Si3/c1-18(2)17(19(3)4)14-15(21(5,6)7)16(14)20(22(8,9)10)23(11,12)13/h1-13H3. The minimum atomic E-state index is -1.36. The van der Waals surface area contributed by atoms with E-state index in [-0.39, 0.29) is 0 Å². The van der Waals surface area contributed by atoms with Crippen molar-refractivity contribution in [2.24, 2.45) is 0 Å². The van der Waals surface area contributed by atoms with Crippen LogP contribution < -0.4 is 0 Å². The largest absolute Gasteiger partial charge is 0.381 e. The lowest BCUT2D eigenvalue weighted by Crippen LogP contribution is -2.64. The minimum absolute atomic E-state index is 0.442. The van der Waals surface area contributed by atoms with E-state index in [1.807, 2.05) is 5.10 Å². The van der Waals surface area contributed by atoms with Crippen LogP contribution in [-0.4, -0.2) is 80.3 Å². The van der Waals surface area contributed by atoms with E-state index >= 15 is 0 Å². The molecule has 0 amide bonds. The number of hydrogen-bond acceptors (Lipinski definition) is 3. The van der Waals surface area contributed by atoms with Gasteiger partial charge in [-0.25, -0.2) is 0 Å². The van der Waals surface area contributed by atoms with Crippen LogP contribution in [0.1, 0.15) is 0 Å². The Labute approximate surface area is 149 Å². The second-order valence-corrected chi connectivity index (χ2v) is 25.7. The van der Waals surface area contributed by atoms with Crippen molar-refractivity contribution in [1.82, 2.24) is 13.8 Å². The molecule has 1 aliphatic heterocycles. The molecule has 3 nitrogen and oxygen atoms in total. The van der Waals surface area contributed by atoms with Crippen LogP contribution in [-0.2, 0) is 0 Å². The van der Waals surface area contributed by atoms with Gasteiger partial charge in [-0.05, 0) is 28.2 Å². The lowest BCUT2D eigenvalue weighted by Gasteiger charge is -2.45. The van der Waals surface area contributed by atoms with Crippen molar-refractivity contribution >= 4 is 38.4 Å². The molecule has 1 aliphatic rings. The Hall–Kier alpha value is 0.401. The molecule has 1 rings (SSSR count). The zero-order chi connectivity index (χ0) is 18.5. The third kappa shape index (κ3) is 4.73. The fourth-order valence-corrected chi connectivity index (χ4v) is 17.0. The Kier molecular flexibility index (Phi) is 6.16. The third-order valence-electron chi connectivity index (χ3n) is 4.56. The number of nitrogens with zero attached hydrogens (tertiary/aromatic N) is 3. The van der Waals surface area contributed by atoms with Gasteiger partial charge in [0.1, 0.15) is 16.5 Å². The highest BCUT2D eigenvalue weighted by molar-refractivity contribution is 7.21. The van der Waals surface area contributed by atoms with Crippen LogP contribution in [0.3, 0.4) is 0 Å². The van der Waals surface area contributed by atoms with Gasteiger partial charge in [0.15, 0.2) is 0 Å². The van der Waals surface area contributed by atoms with Gasteiger partial charge >= 0.3 is 6.98 Å². The molecule has 0 aromatic rings. The first-order valence-corrected chi connectivity index (χ1v) is 19.3. The predicted molar refractivity (Wildman–Crippen MR) is 118 cm³/mol.